The fourth-order valence-electron chi connectivity index (χ4n) is 2.44. The summed E-state index contributed by atoms with van der Waals surface area (Å²) in [5.41, 5.74) is 0. The van der Waals surface area contributed by atoms with E-state index in [0.29, 0.717) is 24.3 Å². The van der Waals surface area contributed by atoms with Gasteiger partial charge in [-0.15, -0.1) is 0 Å². The van der Waals surface area contributed by atoms with E-state index in [1.807, 2.05) is 0 Å². The fourth-order valence-corrected chi connectivity index (χ4v) is 2.44. The van der Waals surface area contributed by atoms with Crippen molar-refractivity contribution >= 4 is 5.97 Å². The van der Waals surface area contributed by atoms with Crippen molar-refractivity contribution in [2.45, 2.75) is 52.0 Å². The standard InChI is InChI=1S/C12H23NO2/c1-9(2)7-11-10(8-12(14)15)5-3-4-6-13-11/h9-11,13H,3-8H2,1-2H3,(H,14,15)/t10-,11-/m0/s1. The molecule has 0 unspecified atom stereocenters. The van der Waals surface area contributed by atoms with Crippen LogP contribution < -0.4 is 5.32 Å². The van der Waals surface area contributed by atoms with Crippen LogP contribution in [-0.4, -0.2) is 23.7 Å². The molecule has 1 fully saturated rings. The Labute approximate surface area is 92.3 Å². The zero-order valence-electron chi connectivity index (χ0n) is 9.83. The predicted molar refractivity (Wildman–Crippen MR) is 60.8 cm³/mol. The van der Waals surface area contributed by atoms with Gasteiger partial charge in [0.05, 0.1) is 0 Å². The lowest BCUT2D eigenvalue weighted by Crippen LogP contribution is -2.37. The molecule has 0 aromatic rings. The summed E-state index contributed by atoms with van der Waals surface area (Å²) in [5, 5.41) is 12.4. The van der Waals surface area contributed by atoms with Gasteiger partial charge in [0, 0.05) is 12.5 Å². The summed E-state index contributed by atoms with van der Waals surface area (Å²) in [7, 11) is 0. The zero-order chi connectivity index (χ0) is 11.3. The van der Waals surface area contributed by atoms with E-state index >= 15 is 0 Å². The van der Waals surface area contributed by atoms with Crippen molar-refractivity contribution in [2.75, 3.05) is 6.54 Å². The molecule has 3 heteroatoms. The van der Waals surface area contributed by atoms with Crippen LogP contribution in [0.3, 0.4) is 0 Å². The molecule has 0 saturated carbocycles. The highest BCUT2D eigenvalue weighted by Gasteiger charge is 2.25. The van der Waals surface area contributed by atoms with E-state index in [2.05, 4.69) is 19.2 Å². The molecule has 1 heterocycles. The predicted octanol–water partition coefficient (Wildman–Crippen LogP) is 2.27. The smallest absolute Gasteiger partial charge is 0.303 e. The molecule has 88 valence electrons. The van der Waals surface area contributed by atoms with Gasteiger partial charge >= 0.3 is 5.97 Å². The molecule has 1 aliphatic heterocycles. The highest BCUT2D eigenvalue weighted by molar-refractivity contribution is 5.67. The summed E-state index contributed by atoms with van der Waals surface area (Å²) in [6, 6.07) is 0.406. The molecule has 15 heavy (non-hydrogen) atoms. The SMILES string of the molecule is CC(C)C[C@@H]1NCCCC[C@H]1CC(=O)O. The molecule has 0 aromatic carbocycles. The van der Waals surface area contributed by atoms with Crippen molar-refractivity contribution in [3.8, 4) is 0 Å². The van der Waals surface area contributed by atoms with Crippen LogP contribution >= 0.6 is 0 Å². The van der Waals surface area contributed by atoms with Crippen LogP contribution in [0.25, 0.3) is 0 Å². The summed E-state index contributed by atoms with van der Waals surface area (Å²) in [4.78, 5) is 10.8. The number of rotatable bonds is 4. The number of nitrogens with one attached hydrogen (secondary N) is 1. The monoisotopic (exact) mass is 213 g/mol. The van der Waals surface area contributed by atoms with E-state index < -0.39 is 5.97 Å². The normalized spacial score (nSPS) is 27.7. The molecule has 2 N–H and O–H groups in total. The Kier molecular flexibility index (Phi) is 5.09. The van der Waals surface area contributed by atoms with Crippen LogP contribution in [0.15, 0.2) is 0 Å². The van der Waals surface area contributed by atoms with Crippen molar-refractivity contribution in [3.63, 3.8) is 0 Å². The van der Waals surface area contributed by atoms with Gasteiger partial charge in [-0.25, -0.2) is 0 Å². The first-order valence-corrected chi connectivity index (χ1v) is 6.04. The minimum Gasteiger partial charge on any atom is -0.481 e. The Morgan fingerprint density at radius 2 is 2.20 bits per heavy atom. The highest BCUT2D eigenvalue weighted by atomic mass is 16.4. The summed E-state index contributed by atoms with van der Waals surface area (Å²) in [6.07, 6.45) is 4.84. The van der Waals surface area contributed by atoms with Gasteiger partial charge in [-0.1, -0.05) is 20.3 Å². The number of hydrogen-bond donors (Lipinski definition) is 2. The molecule has 0 amide bonds. The van der Waals surface area contributed by atoms with Gasteiger partial charge < -0.3 is 10.4 Å². The van der Waals surface area contributed by atoms with Crippen molar-refractivity contribution in [3.05, 3.63) is 0 Å². The highest BCUT2D eigenvalue weighted by Crippen LogP contribution is 2.24. The van der Waals surface area contributed by atoms with E-state index in [4.69, 9.17) is 5.11 Å². The second kappa shape index (κ2) is 6.11. The Morgan fingerprint density at radius 1 is 1.47 bits per heavy atom. The maximum absolute atomic E-state index is 10.8. The second-order valence-electron chi connectivity index (χ2n) is 5.04. The van der Waals surface area contributed by atoms with E-state index in [-0.39, 0.29) is 0 Å². The van der Waals surface area contributed by atoms with E-state index in [9.17, 15) is 4.79 Å². The fraction of sp³-hybridized carbons (Fsp3) is 0.917. The number of carbonyl (C=O) groups is 1. The van der Waals surface area contributed by atoms with E-state index in [0.717, 1.165) is 19.4 Å². The maximum Gasteiger partial charge on any atom is 0.303 e. The van der Waals surface area contributed by atoms with Crippen LogP contribution in [0, 0.1) is 11.8 Å². The van der Waals surface area contributed by atoms with Gasteiger partial charge in [0.15, 0.2) is 0 Å². The van der Waals surface area contributed by atoms with Gasteiger partial charge in [-0.2, -0.15) is 0 Å². The van der Waals surface area contributed by atoms with Crippen LogP contribution in [0.1, 0.15) is 46.0 Å². The largest absolute Gasteiger partial charge is 0.481 e. The van der Waals surface area contributed by atoms with Crippen LogP contribution in [0.4, 0.5) is 0 Å². The first-order valence-electron chi connectivity index (χ1n) is 6.04. The topological polar surface area (TPSA) is 49.3 Å². The average molecular weight is 213 g/mol. The summed E-state index contributed by atoms with van der Waals surface area (Å²) < 4.78 is 0. The molecular formula is C12H23NO2. The Balaban J connectivity index is 2.54. The van der Waals surface area contributed by atoms with E-state index in [1.165, 1.54) is 12.8 Å². The van der Waals surface area contributed by atoms with Gasteiger partial charge in [0.25, 0.3) is 0 Å². The second-order valence-corrected chi connectivity index (χ2v) is 5.04. The van der Waals surface area contributed by atoms with Crippen LogP contribution in [0.2, 0.25) is 0 Å². The molecular weight excluding hydrogens is 190 g/mol. The first-order chi connectivity index (χ1) is 7.09. The van der Waals surface area contributed by atoms with E-state index in [1.54, 1.807) is 0 Å². The molecule has 0 spiro atoms. The Bertz CT molecular complexity index is 204. The Hall–Kier alpha value is -0.570. The molecule has 0 radical (unpaired) electrons. The summed E-state index contributed by atoms with van der Waals surface area (Å²) in [5.74, 6) is 0.307. The minimum atomic E-state index is -0.655. The molecule has 3 nitrogen and oxygen atoms in total. The Morgan fingerprint density at radius 3 is 2.80 bits per heavy atom. The van der Waals surface area contributed by atoms with Crippen LogP contribution in [-0.2, 0) is 4.79 Å². The lowest BCUT2D eigenvalue weighted by molar-refractivity contribution is -0.138. The molecule has 1 rings (SSSR count). The lowest BCUT2D eigenvalue weighted by Gasteiger charge is -2.26. The maximum atomic E-state index is 10.8. The molecule has 0 aliphatic carbocycles. The van der Waals surface area contributed by atoms with Gasteiger partial charge in [-0.3, -0.25) is 4.79 Å². The molecule has 0 aromatic heterocycles. The van der Waals surface area contributed by atoms with Gasteiger partial charge in [-0.05, 0) is 37.6 Å². The minimum absolute atomic E-state index is 0.324. The zero-order valence-corrected chi connectivity index (χ0v) is 9.83. The third kappa shape index (κ3) is 4.65. The van der Waals surface area contributed by atoms with Crippen molar-refractivity contribution in [1.29, 1.82) is 0 Å². The van der Waals surface area contributed by atoms with Crippen molar-refractivity contribution in [2.24, 2.45) is 11.8 Å². The number of hydrogen-bond acceptors (Lipinski definition) is 2. The van der Waals surface area contributed by atoms with Crippen molar-refractivity contribution in [1.82, 2.24) is 5.32 Å². The molecule has 1 saturated heterocycles. The third-order valence-corrected chi connectivity index (χ3v) is 3.14. The number of aliphatic carboxylic acids is 1. The number of carboxylic acid groups (broad SMARTS) is 1. The molecule has 2 atom stereocenters. The third-order valence-electron chi connectivity index (χ3n) is 3.14. The first kappa shape index (κ1) is 12.5. The summed E-state index contributed by atoms with van der Waals surface area (Å²) >= 11 is 0. The van der Waals surface area contributed by atoms with Gasteiger partial charge in [0.2, 0.25) is 0 Å². The van der Waals surface area contributed by atoms with Crippen LogP contribution in [0.5, 0.6) is 0 Å². The average Bonchev–Trinajstić information content (AvgIpc) is 2.30. The van der Waals surface area contributed by atoms with Crippen molar-refractivity contribution < 1.29 is 9.90 Å². The summed E-state index contributed by atoms with van der Waals surface area (Å²) in [6.45, 7) is 5.45. The lowest BCUT2D eigenvalue weighted by atomic mass is 9.87. The molecule has 1 aliphatic rings. The quantitative estimate of drug-likeness (QED) is 0.753. The number of carboxylic acids is 1. The molecule has 0 bridgehead atoms. The van der Waals surface area contributed by atoms with Gasteiger partial charge in [0.1, 0.15) is 0 Å².